The second kappa shape index (κ2) is 8.59. The van der Waals surface area contributed by atoms with E-state index in [2.05, 4.69) is 52.0 Å². The van der Waals surface area contributed by atoms with Gasteiger partial charge in [-0.2, -0.15) is 0 Å². The van der Waals surface area contributed by atoms with Crippen LogP contribution in [0.3, 0.4) is 0 Å². The van der Waals surface area contributed by atoms with Crippen molar-refractivity contribution < 1.29 is 4.74 Å². The highest BCUT2D eigenvalue weighted by Crippen LogP contribution is 2.38. The van der Waals surface area contributed by atoms with Gasteiger partial charge in [-0.15, -0.1) is 0 Å². The van der Waals surface area contributed by atoms with E-state index in [4.69, 9.17) is 9.73 Å². The largest absolute Gasteiger partial charge is 0.475 e. The summed E-state index contributed by atoms with van der Waals surface area (Å²) in [5, 5.41) is 0. The molecule has 0 amide bonds. The van der Waals surface area contributed by atoms with E-state index in [0.29, 0.717) is 6.61 Å². The molecule has 1 aromatic rings. The van der Waals surface area contributed by atoms with Gasteiger partial charge in [0.05, 0.1) is 6.04 Å². The highest BCUT2D eigenvalue weighted by Gasteiger charge is 2.30. The molecule has 1 saturated carbocycles. The molecule has 1 fully saturated rings. The van der Waals surface area contributed by atoms with Crippen molar-refractivity contribution in [1.82, 2.24) is 0 Å². The van der Waals surface area contributed by atoms with E-state index in [9.17, 15) is 0 Å². The second-order valence-corrected chi connectivity index (χ2v) is 9.46. The predicted octanol–water partition coefficient (Wildman–Crippen LogP) is 6.73. The number of ether oxygens (including phenoxy) is 1. The predicted molar refractivity (Wildman–Crippen MR) is 111 cm³/mol. The molecule has 144 valence electrons. The van der Waals surface area contributed by atoms with Crippen molar-refractivity contribution in [3.63, 3.8) is 0 Å². The summed E-state index contributed by atoms with van der Waals surface area (Å²) in [7, 11) is 0. The Kier molecular flexibility index (Phi) is 6.42. The van der Waals surface area contributed by atoms with Crippen molar-refractivity contribution in [2.75, 3.05) is 6.61 Å². The first-order valence-corrected chi connectivity index (χ1v) is 10.8. The van der Waals surface area contributed by atoms with Crippen molar-refractivity contribution in [3.8, 4) is 0 Å². The van der Waals surface area contributed by atoms with Gasteiger partial charge >= 0.3 is 0 Å². The zero-order chi connectivity index (χ0) is 18.6. The second-order valence-electron chi connectivity index (χ2n) is 9.46. The molecule has 26 heavy (non-hydrogen) atoms. The van der Waals surface area contributed by atoms with Gasteiger partial charge in [-0.25, -0.2) is 4.99 Å². The summed E-state index contributed by atoms with van der Waals surface area (Å²) >= 11 is 0. The van der Waals surface area contributed by atoms with Crippen LogP contribution in [0.5, 0.6) is 0 Å². The van der Waals surface area contributed by atoms with Gasteiger partial charge in [0.1, 0.15) is 6.61 Å². The summed E-state index contributed by atoms with van der Waals surface area (Å²) < 4.78 is 5.87. The first-order chi connectivity index (χ1) is 12.5. The van der Waals surface area contributed by atoms with Gasteiger partial charge in [-0.3, -0.25) is 0 Å². The first-order valence-electron chi connectivity index (χ1n) is 10.8. The third kappa shape index (κ3) is 4.90. The Balaban J connectivity index is 1.54. The molecule has 0 bridgehead atoms. The van der Waals surface area contributed by atoms with E-state index in [1.165, 1.54) is 56.9 Å². The van der Waals surface area contributed by atoms with Crippen molar-refractivity contribution in [1.29, 1.82) is 0 Å². The van der Waals surface area contributed by atoms with Gasteiger partial charge < -0.3 is 4.74 Å². The number of nitrogens with zero attached hydrogens (tertiary/aromatic N) is 1. The van der Waals surface area contributed by atoms with Crippen molar-refractivity contribution in [2.24, 2.45) is 16.3 Å². The zero-order valence-electron chi connectivity index (χ0n) is 17.3. The van der Waals surface area contributed by atoms with Crippen LogP contribution in [0.1, 0.15) is 96.1 Å². The topological polar surface area (TPSA) is 21.6 Å². The molecule has 2 heteroatoms. The van der Waals surface area contributed by atoms with E-state index in [1.807, 2.05) is 0 Å². The van der Waals surface area contributed by atoms with E-state index >= 15 is 0 Å². The molecule has 0 unspecified atom stereocenters. The third-order valence-corrected chi connectivity index (χ3v) is 6.34. The molecule has 2 nitrogen and oxygen atoms in total. The standard InChI is InChI=1S/C24H37NO/c1-5-6-7-8-18-9-11-19(12-10-18)20-13-15-21(16-14-20)23-25-22(17-26-23)24(2,3)4/h13-16,18-19,22H,5-12,17H2,1-4H3/t18?,19?,22-/m1/s1. The van der Waals surface area contributed by atoms with E-state index in [0.717, 1.165) is 23.3 Å². The fraction of sp³-hybridized carbons (Fsp3) is 0.708. The van der Waals surface area contributed by atoms with Crippen LogP contribution in [0.25, 0.3) is 0 Å². The van der Waals surface area contributed by atoms with Crippen LogP contribution in [0, 0.1) is 11.3 Å². The Labute approximate surface area is 160 Å². The third-order valence-electron chi connectivity index (χ3n) is 6.34. The van der Waals surface area contributed by atoms with E-state index in [1.54, 1.807) is 0 Å². The lowest BCUT2D eigenvalue weighted by atomic mass is 9.77. The van der Waals surface area contributed by atoms with Crippen molar-refractivity contribution in [3.05, 3.63) is 35.4 Å². The number of hydrogen-bond acceptors (Lipinski definition) is 2. The minimum atomic E-state index is 0.164. The molecule has 2 aliphatic rings. The molecule has 0 radical (unpaired) electrons. The Hall–Kier alpha value is -1.31. The molecule has 1 atom stereocenters. The summed E-state index contributed by atoms with van der Waals surface area (Å²) in [5.74, 6) is 2.56. The van der Waals surface area contributed by atoms with Crippen LogP contribution in [-0.4, -0.2) is 18.5 Å². The smallest absolute Gasteiger partial charge is 0.216 e. The number of benzene rings is 1. The van der Waals surface area contributed by atoms with Gasteiger partial charge in [0, 0.05) is 5.56 Å². The first kappa shape index (κ1) is 19.5. The maximum absolute atomic E-state index is 5.87. The molecule has 1 aliphatic heterocycles. The lowest BCUT2D eigenvalue weighted by molar-refractivity contribution is 0.236. The van der Waals surface area contributed by atoms with E-state index in [-0.39, 0.29) is 11.5 Å². The quantitative estimate of drug-likeness (QED) is 0.518. The molecular formula is C24H37NO. The molecule has 1 aromatic carbocycles. The monoisotopic (exact) mass is 355 g/mol. The van der Waals surface area contributed by atoms with Gasteiger partial charge in [0.25, 0.3) is 0 Å². The van der Waals surface area contributed by atoms with Gasteiger partial charge in [0.2, 0.25) is 5.90 Å². The molecule has 3 rings (SSSR count). The molecule has 1 heterocycles. The Morgan fingerprint density at radius 3 is 2.27 bits per heavy atom. The minimum Gasteiger partial charge on any atom is -0.475 e. The lowest BCUT2D eigenvalue weighted by Crippen LogP contribution is -2.25. The summed E-state index contributed by atoms with van der Waals surface area (Å²) in [6, 6.07) is 9.32. The molecule has 0 N–H and O–H groups in total. The molecule has 1 aliphatic carbocycles. The van der Waals surface area contributed by atoms with Gasteiger partial charge in [-0.1, -0.05) is 65.5 Å². The molecule has 0 spiro atoms. The summed E-state index contributed by atoms with van der Waals surface area (Å²) in [6.45, 7) is 9.70. The molecule has 0 saturated heterocycles. The maximum Gasteiger partial charge on any atom is 0.216 e. The van der Waals surface area contributed by atoms with Crippen LogP contribution in [-0.2, 0) is 4.74 Å². The summed E-state index contributed by atoms with van der Waals surface area (Å²) in [5.41, 5.74) is 2.80. The minimum absolute atomic E-state index is 0.164. The normalized spacial score (nSPS) is 26.5. The van der Waals surface area contributed by atoms with Crippen LogP contribution in [0.2, 0.25) is 0 Å². The fourth-order valence-electron chi connectivity index (χ4n) is 4.34. The Morgan fingerprint density at radius 2 is 1.69 bits per heavy atom. The average Bonchev–Trinajstić information content (AvgIpc) is 3.13. The van der Waals surface area contributed by atoms with Crippen LogP contribution < -0.4 is 0 Å². The highest BCUT2D eigenvalue weighted by atomic mass is 16.5. The van der Waals surface area contributed by atoms with Gasteiger partial charge in [-0.05, 0) is 60.6 Å². The van der Waals surface area contributed by atoms with Crippen LogP contribution in [0.4, 0.5) is 0 Å². The van der Waals surface area contributed by atoms with Crippen LogP contribution >= 0.6 is 0 Å². The summed E-state index contributed by atoms with van der Waals surface area (Å²) in [4.78, 5) is 4.81. The number of hydrogen-bond donors (Lipinski definition) is 0. The maximum atomic E-state index is 5.87. The fourth-order valence-corrected chi connectivity index (χ4v) is 4.34. The summed E-state index contributed by atoms with van der Waals surface area (Å²) in [6.07, 6.45) is 11.2. The molecule has 0 aromatic heterocycles. The number of unbranched alkanes of at least 4 members (excludes halogenated alkanes) is 2. The number of aliphatic imine (C=N–C) groups is 1. The highest BCUT2D eigenvalue weighted by molar-refractivity contribution is 5.95. The van der Waals surface area contributed by atoms with Crippen LogP contribution in [0.15, 0.2) is 29.3 Å². The lowest BCUT2D eigenvalue weighted by Gasteiger charge is -2.29. The SMILES string of the molecule is CCCCCC1CCC(c2ccc(C3=N[C@@H](C(C)(C)C)CO3)cc2)CC1. The number of rotatable bonds is 6. The Bertz CT molecular complexity index is 588. The zero-order valence-corrected chi connectivity index (χ0v) is 17.3. The average molecular weight is 356 g/mol. The Morgan fingerprint density at radius 1 is 1.00 bits per heavy atom. The van der Waals surface area contributed by atoms with E-state index < -0.39 is 0 Å². The van der Waals surface area contributed by atoms with Crippen molar-refractivity contribution in [2.45, 2.75) is 91.0 Å². The van der Waals surface area contributed by atoms with Crippen molar-refractivity contribution >= 4 is 5.90 Å². The molecular weight excluding hydrogens is 318 g/mol. The van der Waals surface area contributed by atoms with Gasteiger partial charge in [0.15, 0.2) is 0 Å².